The Hall–Kier alpha value is -0.290. The molecule has 1 N–H and O–H groups in total. The molecule has 0 saturated heterocycles. The van der Waals surface area contributed by atoms with Crippen LogP contribution in [0.4, 0.5) is 5.82 Å². The van der Waals surface area contributed by atoms with Crippen LogP contribution in [-0.2, 0) is 0 Å². The number of hydrogen-bond acceptors (Lipinski definition) is 4. The Bertz CT molecular complexity index is 434. The van der Waals surface area contributed by atoms with Crippen molar-refractivity contribution in [3.05, 3.63) is 10.7 Å². The minimum Gasteiger partial charge on any atom is -0.366 e. The largest absolute Gasteiger partial charge is 0.366 e. The molecule has 0 bridgehead atoms. The average Bonchev–Trinajstić information content (AvgIpc) is 3.00. The predicted octanol–water partition coefficient (Wildman–Crippen LogP) is 3.71. The van der Waals surface area contributed by atoms with E-state index in [1.165, 1.54) is 32.1 Å². The van der Waals surface area contributed by atoms with Crippen molar-refractivity contribution in [2.75, 3.05) is 11.6 Å². The van der Waals surface area contributed by atoms with Gasteiger partial charge < -0.3 is 5.32 Å². The first kappa shape index (κ1) is 11.8. The van der Waals surface area contributed by atoms with Crippen LogP contribution in [0.5, 0.6) is 0 Å². The molecule has 3 rings (SSSR count). The number of halogens is 1. The molecule has 0 amide bonds. The van der Waals surface area contributed by atoms with Crippen LogP contribution >= 0.6 is 27.7 Å². The van der Waals surface area contributed by atoms with Crippen LogP contribution in [0.2, 0.25) is 0 Å². The van der Waals surface area contributed by atoms with E-state index >= 15 is 0 Å². The highest BCUT2D eigenvalue weighted by atomic mass is 79.9. The first-order valence-electron chi connectivity index (χ1n) is 6.07. The number of aromatic nitrogens is 2. The number of nitrogens with one attached hydrogen (secondary N) is 1. The van der Waals surface area contributed by atoms with Crippen molar-refractivity contribution in [3.63, 3.8) is 0 Å². The van der Waals surface area contributed by atoms with Gasteiger partial charge in [0.1, 0.15) is 5.82 Å². The Kier molecular flexibility index (Phi) is 3.07. The summed E-state index contributed by atoms with van der Waals surface area (Å²) >= 11 is 5.11. The van der Waals surface area contributed by atoms with Gasteiger partial charge in [-0.3, -0.25) is 0 Å². The van der Waals surface area contributed by atoms with Crippen LogP contribution < -0.4 is 5.32 Å². The Morgan fingerprint density at radius 2 is 2.29 bits per heavy atom. The molecule has 0 radical (unpaired) electrons. The SMILES string of the molecule is CSc1ncc(Br)c(NC2CCCC23CC3)n1. The molecule has 1 spiro atoms. The van der Waals surface area contributed by atoms with Gasteiger partial charge in [-0.15, -0.1) is 0 Å². The van der Waals surface area contributed by atoms with Crippen LogP contribution in [0.1, 0.15) is 32.1 Å². The van der Waals surface area contributed by atoms with Crippen LogP contribution in [-0.4, -0.2) is 22.3 Å². The van der Waals surface area contributed by atoms with Gasteiger partial charge in [-0.25, -0.2) is 9.97 Å². The van der Waals surface area contributed by atoms with E-state index < -0.39 is 0 Å². The van der Waals surface area contributed by atoms with Crippen LogP contribution in [0, 0.1) is 5.41 Å². The molecule has 2 aliphatic rings. The smallest absolute Gasteiger partial charge is 0.189 e. The number of rotatable bonds is 3. The van der Waals surface area contributed by atoms with Crippen molar-refractivity contribution in [1.82, 2.24) is 9.97 Å². The molecule has 0 aromatic carbocycles. The quantitative estimate of drug-likeness (QED) is 0.682. The summed E-state index contributed by atoms with van der Waals surface area (Å²) in [5, 5.41) is 4.46. The fourth-order valence-electron chi connectivity index (χ4n) is 2.84. The molecule has 5 heteroatoms. The lowest BCUT2D eigenvalue weighted by atomic mass is 10.0. The molecule has 0 aliphatic heterocycles. The highest BCUT2D eigenvalue weighted by Crippen LogP contribution is 2.58. The van der Waals surface area contributed by atoms with Gasteiger partial charge in [0.05, 0.1) is 4.47 Å². The van der Waals surface area contributed by atoms with Crippen LogP contribution in [0.3, 0.4) is 0 Å². The van der Waals surface area contributed by atoms with E-state index in [9.17, 15) is 0 Å². The summed E-state index contributed by atoms with van der Waals surface area (Å²) < 4.78 is 0.970. The van der Waals surface area contributed by atoms with Crippen molar-refractivity contribution in [2.24, 2.45) is 5.41 Å². The summed E-state index contributed by atoms with van der Waals surface area (Å²) in [4.78, 5) is 8.79. The lowest BCUT2D eigenvalue weighted by molar-refractivity contribution is 0.485. The summed E-state index contributed by atoms with van der Waals surface area (Å²) in [5.74, 6) is 0.961. The Balaban J connectivity index is 1.80. The third-order valence-corrected chi connectivity index (χ3v) is 5.16. The second kappa shape index (κ2) is 4.43. The molecule has 1 aromatic heterocycles. The predicted molar refractivity (Wildman–Crippen MR) is 74.4 cm³/mol. The monoisotopic (exact) mass is 313 g/mol. The standard InChI is InChI=1S/C12H16BrN3S/c1-17-11-14-7-8(13)10(16-11)15-9-3-2-4-12(9)5-6-12/h7,9H,2-6H2,1H3,(H,14,15,16). The van der Waals surface area contributed by atoms with E-state index in [4.69, 9.17) is 0 Å². The zero-order chi connectivity index (χ0) is 11.9. The number of hydrogen-bond donors (Lipinski definition) is 1. The Morgan fingerprint density at radius 3 is 3.00 bits per heavy atom. The molecule has 1 atom stereocenters. The Morgan fingerprint density at radius 1 is 1.47 bits per heavy atom. The molecule has 1 unspecified atom stereocenters. The van der Waals surface area contributed by atoms with Crippen molar-refractivity contribution in [2.45, 2.75) is 43.3 Å². The summed E-state index contributed by atoms with van der Waals surface area (Å²) in [6.07, 6.45) is 10.7. The van der Waals surface area contributed by atoms with Gasteiger partial charge in [0.2, 0.25) is 0 Å². The number of thioether (sulfide) groups is 1. The van der Waals surface area contributed by atoms with E-state index in [1.54, 1.807) is 11.8 Å². The molecule has 17 heavy (non-hydrogen) atoms. The van der Waals surface area contributed by atoms with Crippen molar-refractivity contribution in [1.29, 1.82) is 0 Å². The van der Waals surface area contributed by atoms with Crippen LogP contribution in [0.15, 0.2) is 15.8 Å². The fraction of sp³-hybridized carbons (Fsp3) is 0.667. The fourth-order valence-corrected chi connectivity index (χ4v) is 3.48. The maximum Gasteiger partial charge on any atom is 0.189 e. The number of anilines is 1. The van der Waals surface area contributed by atoms with Gasteiger partial charge >= 0.3 is 0 Å². The highest BCUT2D eigenvalue weighted by Gasteiger charge is 2.52. The molecule has 1 aromatic rings. The Labute approximate surface area is 114 Å². The van der Waals surface area contributed by atoms with Crippen molar-refractivity contribution >= 4 is 33.5 Å². The second-order valence-electron chi connectivity index (χ2n) is 5.00. The molecular formula is C12H16BrN3S. The highest BCUT2D eigenvalue weighted by molar-refractivity contribution is 9.10. The van der Waals surface area contributed by atoms with E-state index in [0.717, 1.165) is 15.4 Å². The molecule has 2 saturated carbocycles. The van der Waals surface area contributed by atoms with E-state index in [0.29, 0.717) is 11.5 Å². The lowest BCUT2D eigenvalue weighted by Crippen LogP contribution is -2.26. The topological polar surface area (TPSA) is 37.8 Å². The van der Waals surface area contributed by atoms with E-state index in [2.05, 4.69) is 31.2 Å². The third kappa shape index (κ3) is 2.19. The minimum atomic E-state index is 0.601. The van der Waals surface area contributed by atoms with Gasteiger partial charge in [-0.1, -0.05) is 18.2 Å². The van der Waals surface area contributed by atoms with Crippen molar-refractivity contribution < 1.29 is 0 Å². The molecule has 3 nitrogen and oxygen atoms in total. The zero-order valence-electron chi connectivity index (χ0n) is 9.87. The summed E-state index contributed by atoms with van der Waals surface area (Å²) in [6.45, 7) is 0. The van der Waals surface area contributed by atoms with Gasteiger partial charge in [0.25, 0.3) is 0 Å². The zero-order valence-corrected chi connectivity index (χ0v) is 12.3. The molecule has 2 aliphatic carbocycles. The first-order chi connectivity index (χ1) is 8.23. The van der Waals surface area contributed by atoms with E-state index in [1.807, 2.05) is 12.5 Å². The van der Waals surface area contributed by atoms with Crippen molar-refractivity contribution in [3.8, 4) is 0 Å². The lowest BCUT2D eigenvalue weighted by Gasteiger charge is -2.21. The molecule has 1 heterocycles. The maximum atomic E-state index is 4.54. The van der Waals surface area contributed by atoms with Gasteiger partial charge in [-0.05, 0) is 53.3 Å². The molecular weight excluding hydrogens is 298 g/mol. The summed E-state index contributed by atoms with van der Waals surface area (Å²) in [5.41, 5.74) is 0.601. The maximum absolute atomic E-state index is 4.54. The average molecular weight is 314 g/mol. The summed E-state index contributed by atoms with van der Waals surface area (Å²) in [7, 11) is 0. The number of nitrogens with zero attached hydrogens (tertiary/aromatic N) is 2. The molecule has 92 valence electrons. The second-order valence-corrected chi connectivity index (χ2v) is 6.63. The van der Waals surface area contributed by atoms with Gasteiger partial charge in [0.15, 0.2) is 5.16 Å². The van der Waals surface area contributed by atoms with Gasteiger partial charge in [-0.2, -0.15) is 0 Å². The van der Waals surface area contributed by atoms with E-state index in [-0.39, 0.29) is 0 Å². The van der Waals surface area contributed by atoms with Crippen LogP contribution in [0.25, 0.3) is 0 Å². The minimum absolute atomic E-state index is 0.601. The third-order valence-electron chi connectivity index (χ3n) is 4.01. The normalized spacial score (nSPS) is 25.2. The summed E-state index contributed by atoms with van der Waals surface area (Å²) in [6, 6.07) is 0.614. The first-order valence-corrected chi connectivity index (χ1v) is 8.08. The molecule has 2 fully saturated rings. The van der Waals surface area contributed by atoms with Gasteiger partial charge in [0, 0.05) is 12.2 Å².